The lowest BCUT2D eigenvalue weighted by atomic mass is 10.0. The smallest absolute Gasteiger partial charge is 0.224 e. The zero-order valence-corrected chi connectivity index (χ0v) is 14.6. The van der Waals surface area contributed by atoms with Crippen LogP contribution in [0.25, 0.3) is 11.4 Å². The highest BCUT2D eigenvalue weighted by Gasteiger charge is 2.15. The number of aromatic nitrogens is 2. The predicted molar refractivity (Wildman–Crippen MR) is 98.3 cm³/mol. The van der Waals surface area contributed by atoms with Gasteiger partial charge >= 0.3 is 0 Å². The molecule has 0 saturated carbocycles. The van der Waals surface area contributed by atoms with Gasteiger partial charge in [-0.25, -0.2) is 9.97 Å². The number of nitrogens with one attached hydrogen (secondary N) is 2. The molecule has 6 heteroatoms. The number of aryl methyl sites for hydroxylation is 1. The minimum absolute atomic E-state index is 0. The predicted octanol–water partition coefficient (Wildman–Crippen LogP) is 3.20. The molecule has 0 aliphatic carbocycles. The van der Waals surface area contributed by atoms with Crippen molar-refractivity contribution in [2.24, 2.45) is 5.92 Å². The fourth-order valence-corrected chi connectivity index (χ4v) is 2.84. The molecule has 2 N–H and O–H groups in total. The second-order valence-corrected chi connectivity index (χ2v) is 6.05. The molecule has 0 spiro atoms. The molecule has 1 aromatic heterocycles. The number of hydrogen-bond donors (Lipinski definition) is 2. The van der Waals surface area contributed by atoms with Crippen LogP contribution in [0.3, 0.4) is 0 Å². The molecule has 1 fully saturated rings. The summed E-state index contributed by atoms with van der Waals surface area (Å²) in [4.78, 5) is 20.8. The number of halogens is 1. The van der Waals surface area contributed by atoms with Gasteiger partial charge < -0.3 is 10.6 Å². The van der Waals surface area contributed by atoms with Gasteiger partial charge in [-0.2, -0.15) is 0 Å². The van der Waals surface area contributed by atoms with Gasteiger partial charge in [0.1, 0.15) is 0 Å². The fraction of sp³-hybridized carbons (Fsp3) is 0.389. The monoisotopic (exact) mass is 346 g/mol. The maximum absolute atomic E-state index is 12.1. The van der Waals surface area contributed by atoms with Crippen molar-refractivity contribution in [2.45, 2.75) is 26.2 Å². The van der Waals surface area contributed by atoms with Crippen molar-refractivity contribution in [2.75, 3.05) is 18.4 Å². The summed E-state index contributed by atoms with van der Waals surface area (Å²) in [7, 11) is 0. The molecule has 1 aliphatic heterocycles. The van der Waals surface area contributed by atoms with Crippen molar-refractivity contribution in [1.29, 1.82) is 0 Å². The van der Waals surface area contributed by atoms with E-state index in [9.17, 15) is 4.79 Å². The number of hydrogen-bond acceptors (Lipinski definition) is 4. The van der Waals surface area contributed by atoms with E-state index in [2.05, 4.69) is 20.6 Å². The average Bonchev–Trinajstić information content (AvgIpc) is 3.07. The quantitative estimate of drug-likeness (QED) is 0.872. The lowest BCUT2D eigenvalue weighted by Gasteiger charge is -2.09. The normalized spacial score (nSPS) is 16.5. The first-order chi connectivity index (χ1) is 11.2. The zero-order chi connectivity index (χ0) is 16.1. The Hall–Kier alpha value is -1.98. The molecule has 0 radical (unpaired) electrons. The van der Waals surface area contributed by atoms with Gasteiger partial charge in [0.05, 0.1) is 0 Å². The molecular weight excluding hydrogens is 324 g/mol. The number of rotatable bonds is 5. The van der Waals surface area contributed by atoms with Gasteiger partial charge in [0.2, 0.25) is 5.91 Å². The molecule has 1 amide bonds. The topological polar surface area (TPSA) is 66.9 Å². The number of amides is 1. The molecule has 5 nitrogen and oxygen atoms in total. The van der Waals surface area contributed by atoms with E-state index in [0.29, 0.717) is 18.2 Å². The summed E-state index contributed by atoms with van der Waals surface area (Å²) in [5.41, 5.74) is 2.63. The van der Waals surface area contributed by atoms with Gasteiger partial charge in [0.25, 0.3) is 0 Å². The maximum Gasteiger partial charge on any atom is 0.224 e. The zero-order valence-electron chi connectivity index (χ0n) is 13.8. The van der Waals surface area contributed by atoms with Crippen LogP contribution >= 0.6 is 12.4 Å². The SMILES string of the molecule is Cc1ccnc(-c2cccc(NC(=O)CCC3CCNC3)c2)n1.Cl. The highest BCUT2D eigenvalue weighted by molar-refractivity contribution is 5.91. The van der Waals surface area contributed by atoms with Crippen LogP contribution in [0.5, 0.6) is 0 Å². The Morgan fingerprint density at radius 3 is 3.00 bits per heavy atom. The minimum atomic E-state index is 0. The highest BCUT2D eigenvalue weighted by Crippen LogP contribution is 2.20. The maximum atomic E-state index is 12.1. The van der Waals surface area contributed by atoms with E-state index < -0.39 is 0 Å². The number of anilines is 1. The summed E-state index contributed by atoms with van der Waals surface area (Å²) < 4.78 is 0. The van der Waals surface area contributed by atoms with Gasteiger partial charge in [-0.3, -0.25) is 4.79 Å². The Labute approximate surface area is 148 Å². The van der Waals surface area contributed by atoms with Crippen LogP contribution < -0.4 is 10.6 Å². The van der Waals surface area contributed by atoms with Crippen LogP contribution in [0.1, 0.15) is 25.0 Å². The summed E-state index contributed by atoms with van der Waals surface area (Å²) in [6.07, 6.45) is 4.43. The van der Waals surface area contributed by atoms with Crippen LogP contribution in [0.4, 0.5) is 5.69 Å². The fourth-order valence-electron chi connectivity index (χ4n) is 2.84. The largest absolute Gasteiger partial charge is 0.326 e. The number of benzene rings is 1. The molecule has 0 bridgehead atoms. The van der Waals surface area contributed by atoms with E-state index in [1.165, 1.54) is 6.42 Å². The molecule has 3 rings (SSSR count). The molecule has 1 saturated heterocycles. The van der Waals surface area contributed by atoms with Crippen molar-refractivity contribution in [3.8, 4) is 11.4 Å². The first-order valence-corrected chi connectivity index (χ1v) is 8.11. The number of carbonyl (C=O) groups excluding carboxylic acids is 1. The van der Waals surface area contributed by atoms with Crippen molar-refractivity contribution in [1.82, 2.24) is 15.3 Å². The molecule has 1 aliphatic rings. The van der Waals surface area contributed by atoms with Crippen LogP contribution in [-0.2, 0) is 4.79 Å². The van der Waals surface area contributed by atoms with E-state index >= 15 is 0 Å². The molecule has 1 aromatic carbocycles. The van der Waals surface area contributed by atoms with Gasteiger partial charge in [-0.05, 0) is 57.0 Å². The van der Waals surface area contributed by atoms with E-state index in [1.54, 1.807) is 6.20 Å². The second-order valence-electron chi connectivity index (χ2n) is 6.05. The lowest BCUT2D eigenvalue weighted by molar-refractivity contribution is -0.116. The molecule has 24 heavy (non-hydrogen) atoms. The van der Waals surface area contributed by atoms with Gasteiger partial charge in [0.15, 0.2) is 5.82 Å². The van der Waals surface area contributed by atoms with E-state index in [-0.39, 0.29) is 18.3 Å². The first-order valence-electron chi connectivity index (χ1n) is 8.11. The molecule has 1 unspecified atom stereocenters. The molecule has 128 valence electrons. The molecule has 2 heterocycles. The summed E-state index contributed by atoms with van der Waals surface area (Å²) in [6, 6.07) is 9.55. The standard InChI is InChI=1S/C18H22N4O.ClH/c1-13-7-10-20-18(21-13)15-3-2-4-16(11-15)22-17(23)6-5-14-8-9-19-12-14;/h2-4,7,10-11,14,19H,5-6,8-9,12H2,1H3,(H,22,23);1H. The molecular formula is C18H23ClN4O. The minimum Gasteiger partial charge on any atom is -0.326 e. The van der Waals surface area contributed by atoms with Crippen molar-refractivity contribution in [3.63, 3.8) is 0 Å². The second kappa shape index (κ2) is 8.76. The summed E-state index contributed by atoms with van der Waals surface area (Å²) in [5.74, 6) is 1.38. The van der Waals surface area contributed by atoms with Crippen LogP contribution in [0.2, 0.25) is 0 Å². The Kier molecular flexibility index (Phi) is 6.70. The Morgan fingerprint density at radius 2 is 2.25 bits per heavy atom. The van der Waals surface area contributed by atoms with Crippen LogP contribution in [0.15, 0.2) is 36.5 Å². The van der Waals surface area contributed by atoms with Gasteiger partial charge in [-0.1, -0.05) is 12.1 Å². The third-order valence-electron chi connectivity index (χ3n) is 4.14. The Bertz CT molecular complexity index is 686. The van der Waals surface area contributed by atoms with E-state index in [0.717, 1.165) is 36.5 Å². The Morgan fingerprint density at radius 1 is 1.38 bits per heavy atom. The number of carbonyl (C=O) groups is 1. The van der Waals surface area contributed by atoms with Crippen LogP contribution in [-0.4, -0.2) is 29.0 Å². The first kappa shape index (κ1) is 18.4. The van der Waals surface area contributed by atoms with Gasteiger partial charge in [0, 0.05) is 29.6 Å². The molecule has 1 atom stereocenters. The van der Waals surface area contributed by atoms with Gasteiger partial charge in [-0.15, -0.1) is 12.4 Å². The highest BCUT2D eigenvalue weighted by atomic mass is 35.5. The lowest BCUT2D eigenvalue weighted by Crippen LogP contribution is -2.15. The third-order valence-corrected chi connectivity index (χ3v) is 4.14. The summed E-state index contributed by atoms with van der Waals surface area (Å²) >= 11 is 0. The van der Waals surface area contributed by atoms with E-state index in [1.807, 2.05) is 37.3 Å². The Balaban J connectivity index is 0.00000208. The third kappa shape index (κ3) is 5.01. The molecule has 2 aromatic rings. The summed E-state index contributed by atoms with van der Waals surface area (Å²) in [5, 5.41) is 6.31. The summed E-state index contributed by atoms with van der Waals surface area (Å²) in [6.45, 7) is 4.05. The number of nitrogens with zero attached hydrogens (tertiary/aromatic N) is 2. The van der Waals surface area contributed by atoms with Crippen LogP contribution in [0, 0.1) is 12.8 Å². The van der Waals surface area contributed by atoms with Crippen molar-refractivity contribution >= 4 is 24.0 Å². The van der Waals surface area contributed by atoms with E-state index in [4.69, 9.17) is 0 Å². The van der Waals surface area contributed by atoms with Crippen molar-refractivity contribution < 1.29 is 4.79 Å². The average molecular weight is 347 g/mol. The van der Waals surface area contributed by atoms with Crippen molar-refractivity contribution in [3.05, 3.63) is 42.2 Å².